The summed E-state index contributed by atoms with van der Waals surface area (Å²) in [5.41, 5.74) is -0.186. The number of benzene rings is 2. The number of esters is 1. The second kappa shape index (κ2) is 11.5. The van der Waals surface area contributed by atoms with E-state index in [2.05, 4.69) is 0 Å². The average Bonchev–Trinajstić information content (AvgIpc) is 2.79. The topological polar surface area (TPSA) is 72.9 Å². The van der Waals surface area contributed by atoms with E-state index in [0.29, 0.717) is 36.6 Å². The highest BCUT2D eigenvalue weighted by Gasteiger charge is 2.37. The Morgan fingerprint density at radius 1 is 1.16 bits per heavy atom. The molecule has 0 fully saturated rings. The van der Waals surface area contributed by atoms with Crippen LogP contribution in [0.15, 0.2) is 46.2 Å². The molecule has 1 unspecified atom stereocenters. The molecule has 0 spiro atoms. The van der Waals surface area contributed by atoms with Gasteiger partial charge in [0.05, 0.1) is 16.5 Å². The average molecular weight is 574 g/mol. The Hall–Kier alpha value is -2.24. The van der Waals surface area contributed by atoms with Gasteiger partial charge in [-0.15, -0.1) is 11.8 Å². The van der Waals surface area contributed by atoms with Crippen molar-refractivity contribution in [3.63, 3.8) is 0 Å². The molecular formula is C27H34F3NO5S2. The smallest absolute Gasteiger partial charge is 0.416 e. The fraction of sp³-hybridized carbons (Fsp3) is 0.519. The molecule has 0 saturated heterocycles. The third-order valence-corrected chi connectivity index (χ3v) is 8.72. The second-order valence-electron chi connectivity index (χ2n) is 10.5. The zero-order valence-electron chi connectivity index (χ0n) is 22.4. The summed E-state index contributed by atoms with van der Waals surface area (Å²) in [7, 11) is -2.89. The van der Waals surface area contributed by atoms with Crippen molar-refractivity contribution in [1.82, 2.24) is 4.31 Å². The lowest BCUT2D eigenvalue weighted by molar-refractivity contribution is -0.157. The van der Waals surface area contributed by atoms with Crippen molar-refractivity contribution >= 4 is 27.8 Å². The van der Waals surface area contributed by atoms with Gasteiger partial charge in [0, 0.05) is 17.2 Å². The zero-order chi connectivity index (χ0) is 28.5. The Kier molecular flexibility index (Phi) is 9.15. The van der Waals surface area contributed by atoms with E-state index < -0.39 is 44.3 Å². The number of fused-ring (bicyclic) bond motifs is 1. The van der Waals surface area contributed by atoms with Crippen LogP contribution in [0.2, 0.25) is 0 Å². The Labute approximate surface area is 226 Å². The molecule has 2 aromatic carbocycles. The molecule has 0 aliphatic heterocycles. The summed E-state index contributed by atoms with van der Waals surface area (Å²) in [5, 5.41) is -0.0314. The van der Waals surface area contributed by atoms with Crippen LogP contribution < -0.4 is 4.74 Å². The standard InChI is InChI=1S/C27H34F3NO5S2/c1-17(2)37-19-13-18(27(28,29)30)14-20(15-19)38(33,34)31(6)23-11-7-10-22-21(23)9-8-12-24(22)35-16-25(32)36-26(3,4)5/h8-9,12-15,17,23H,7,10-11,16H2,1-6H3. The van der Waals surface area contributed by atoms with E-state index in [1.165, 1.54) is 24.9 Å². The fourth-order valence-corrected chi connectivity index (χ4v) is 6.82. The van der Waals surface area contributed by atoms with Gasteiger partial charge in [-0.25, -0.2) is 13.2 Å². The first kappa shape index (κ1) is 30.3. The number of hydrogen-bond donors (Lipinski definition) is 0. The lowest BCUT2D eigenvalue weighted by atomic mass is 9.87. The van der Waals surface area contributed by atoms with Crippen LogP contribution in [0, 0.1) is 0 Å². The van der Waals surface area contributed by atoms with Gasteiger partial charge in [0.25, 0.3) is 0 Å². The normalized spacial score (nSPS) is 16.4. The van der Waals surface area contributed by atoms with E-state index >= 15 is 0 Å². The van der Waals surface area contributed by atoms with Crippen molar-refractivity contribution < 1.29 is 35.9 Å². The highest BCUT2D eigenvalue weighted by Crippen LogP contribution is 2.41. The molecule has 0 amide bonds. The number of hydrogen-bond acceptors (Lipinski definition) is 6. The maximum Gasteiger partial charge on any atom is 0.416 e. The Bertz CT molecular complexity index is 1270. The summed E-state index contributed by atoms with van der Waals surface area (Å²) < 4.78 is 80.4. The molecule has 1 aliphatic rings. The van der Waals surface area contributed by atoms with Gasteiger partial charge in [0.1, 0.15) is 11.4 Å². The molecule has 0 saturated carbocycles. The van der Waals surface area contributed by atoms with Gasteiger partial charge >= 0.3 is 12.1 Å². The zero-order valence-corrected chi connectivity index (χ0v) is 24.0. The van der Waals surface area contributed by atoms with Crippen LogP contribution in [0.25, 0.3) is 0 Å². The van der Waals surface area contributed by atoms with Crippen LogP contribution in [0.3, 0.4) is 0 Å². The second-order valence-corrected chi connectivity index (χ2v) is 14.1. The lowest BCUT2D eigenvalue weighted by Crippen LogP contribution is -2.34. The largest absolute Gasteiger partial charge is 0.482 e. The van der Waals surface area contributed by atoms with Gasteiger partial charge in [0.15, 0.2) is 6.61 Å². The van der Waals surface area contributed by atoms with Gasteiger partial charge in [-0.05, 0) is 75.4 Å². The van der Waals surface area contributed by atoms with E-state index in [1.54, 1.807) is 39.0 Å². The molecule has 0 aromatic heterocycles. The third-order valence-electron chi connectivity index (χ3n) is 5.89. The van der Waals surface area contributed by atoms with Gasteiger partial charge in [-0.3, -0.25) is 0 Å². The first-order valence-electron chi connectivity index (χ1n) is 12.3. The first-order chi connectivity index (χ1) is 17.5. The number of alkyl halides is 3. The van der Waals surface area contributed by atoms with Crippen LogP contribution in [-0.4, -0.2) is 43.2 Å². The maximum atomic E-state index is 13.6. The van der Waals surface area contributed by atoms with E-state index in [4.69, 9.17) is 9.47 Å². The van der Waals surface area contributed by atoms with Crippen LogP contribution >= 0.6 is 11.8 Å². The molecule has 2 aromatic rings. The number of halogens is 3. The minimum Gasteiger partial charge on any atom is -0.482 e. The highest BCUT2D eigenvalue weighted by molar-refractivity contribution is 8.00. The maximum absolute atomic E-state index is 13.6. The molecule has 0 bridgehead atoms. The fourth-order valence-electron chi connectivity index (χ4n) is 4.37. The van der Waals surface area contributed by atoms with Gasteiger partial charge in [0.2, 0.25) is 10.0 Å². The summed E-state index contributed by atoms with van der Waals surface area (Å²) in [6.07, 6.45) is -2.94. The van der Waals surface area contributed by atoms with Crippen LogP contribution in [0.4, 0.5) is 13.2 Å². The van der Waals surface area contributed by atoms with E-state index in [9.17, 15) is 26.4 Å². The summed E-state index contributed by atoms with van der Waals surface area (Å²) in [6.45, 7) is 8.62. The SMILES string of the molecule is CC(C)Sc1cc(C(F)(F)F)cc(S(=O)(=O)N(C)C2CCCc3c(OCC(=O)OC(C)(C)C)cccc32)c1. The number of rotatable bonds is 8. The molecule has 0 N–H and O–H groups in total. The number of thioether (sulfide) groups is 1. The van der Waals surface area contributed by atoms with Gasteiger partial charge in [-0.2, -0.15) is 17.5 Å². The summed E-state index contributed by atoms with van der Waals surface area (Å²) >= 11 is 1.17. The number of nitrogens with zero attached hydrogens (tertiary/aromatic N) is 1. The molecule has 1 aliphatic carbocycles. The van der Waals surface area contributed by atoms with Gasteiger partial charge < -0.3 is 9.47 Å². The summed E-state index contributed by atoms with van der Waals surface area (Å²) in [4.78, 5) is 12.0. The van der Waals surface area contributed by atoms with E-state index in [1.807, 2.05) is 13.8 Å². The predicted octanol–water partition coefficient (Wildman–Crippen LogP) is 6.62. The van der Waals surface area contributed by atoms with Crippen molar-refractivity contribution in [2.75, 3.05) is 13.7 Å². The van der Waals surface area contributed by atoms with Crippen LogP contribution in [0.5, 0.6) is 5.75 Å². The Morgan fingerprint density at radius 2 is 1.84 bits per heavy atom. The Balaban J connectivity index is 1.94. The first-order valence-corrected chi connectivity index (χ1v) is 14.6. The minimum atomic E-state index is -4.69. The summed E-state index contributed by atoms with van der Waals surface area (Å²) in [5.74, 6) is -0.0691. The molecule has 3 rings (SSSR count). The highest BCUT2D eigenvalue weighted by atomic mass is 32.2. The van der Waals surface area contributed by atoms with Crippen LogP contribution in [0.1, 0.15) is 70.2 Å². The number of carbonyl (C=O) groups is 1. The predicted molar refractivity (Wildman–Crippen MR) is 141 cm³/mol. The van der Waals surface area contributed by atoms with Crippen molar-refractivity contribution in [3.05, 3.63) is 53.1 Å². The number of sulfonamides is 1. The quantitative estimate of drug-likeness (QED) is 0.261. The molecule has 38 heavy (non-hydrogen) atoms. The monoisotopic (exact) mass is 573 g/mol. The third kappa shape index (κ3) is 7.45. The molecule has 1 atom stereocenters. The lowest BCUT2D eigenvalue weighted by Gasteiger charge is -2.33. The summed E-state index contributed by atoms with van der Waals surface area (Å²) in [6, 6.07) is 7.58. The molecule has 0 heterocycles. The molecular weight excluding hydrogens is 539 g/mol. The number of carbonyl (C=O) groups excluding carboxylic acids is 1. The van der Waals surface area contributed by atoms with Gasteiger partial charge in [-0.1, -0.05) is 26.0 Å². The molecule has 210 valence electrons. The van der Waals surface area contributed by atoms with E-state index in [0.717, 1.165) is 15.9 Å². The Morgan fingerprint density at radius 3 is 2.45 bits per heavy atom. The minimum absolute atomic E-state index is 0.0314. The van der Waals surface area contributed by atoms with Crippen molar-refractivity contribution in [3.8, 4) is 5.75 Å². The number of ether oxygens (including phenoxy) is 2. The molecule has 11 heteroatoms. The van der Waals surface area contributed by atoms with Crippen molar-refractivity contribution in [2.24, 2.45) is 0 Å². The van der Waals surface area contributed by atoms with Crippen molar-refractivity contribution in [1.29, 1.82) is 0 Å². The molecule has 0 radical (unpaired) electrons. The molecule has 6 nitrogen and oxygen atoms in total. The van der Waals surface area contributed by atoms with E-state index in [-0.39, 0.29) is 16.8 Å². The van der Waals surface area contributed by atoms with Crippen molar-refractivity contribution in [2.45, 2.75) is 86.7 Å². The van der Waals surface area contributed by atoms with Crippen LogP contribution in [-0.2, 0) is 32.2 Å².